The molecular formula is C8H10. The average Bonchev–Trinajstić information content (AvgIpc) is 1.62. The lowest BCUT2D eigenvalue weighted by molar-refractivity contribution is 0.895. The van der Waals surface area contributed by atoms with E-state index in [4.69, 9.17) is 0 Å². The largest absolute Gasteiger partial charge is 0.0985 e. The Labute approximate surface area is 50.2 Å². The lowest BCUT2D eigenvalue weighted by Crippen LogP contribution is -1.93. The lowest BCUT2D eigenvalue weighted by Gasteiger charge is -2.13. The molecule has 0 spiro atoms. The quantitative estimate of drug-likeness (QED) is 0.474. The minimum Gasteiger partial charge on any atom is -0.0985 e. The van der Waals surface area contributed by atoms with Crippen LogP contribution in [-0.2, 0) is 0 Å². The molecule has 0 aromatic heterocycles. The van der Waals surface area contributed by atoms with Crippen LogP contribution in [0, 0.1) is 0 Å². The molecule has 0 unspecified atom stereocenters. The molecule has 0 fully saturated rings. The van der Waals surface area contributed by atoms with Crippen LogP contribution in [0.15, 0.2) is 36.5 Å². The number of allylic oxidation sites excluding steroid dienone is 4. The van der Waals surface area contributed by atoms with Gasteiger partial charge in [-0.15, -0.1) is 0 Å². The first-order valence-corrected chi connectivity index (χ1v) is 2.85. The second kappa shape index (κ2) is 1.99. The summed E-state index contributed by atoms with van der Waals surface area (Å²) >= 11 is 0. The summed E-state index contributed by atoms with van der Waals surface area (Å²) in [5, 5.41) is 0. The second-order valence-corrected chi connectivity index (χ2v) is 2.00. The van der Waals surface area contributed by atoms with Crippen molar-refractivity contribution in [2.75, 3.05) is 0 Å². The van der Waals surface area contributed by atoms with E-state index >= 15 is 0 Å². The van der Waals surface area contributed by atoms with Crippen molar-refractivity contribution in [1.82, 2.24) is 0 Å². The van der Waals surface area contributed by atoms with E-state index in [0.29, 0.717) is 0 Å². The van der Waals surface area contributed by atoms with Crippen molar-refractivity contribution in [3.05, 3.63) is 36.5 Å². The van der Waals surface area contributed by atoms with E-state index in [9.17, 15) is 0 Å². The van der Waals surface area contributed by atoms with Gasteiger partial charge in [-0.2, -0.15) is 0 Å². The zero-order valence-electron chi connectivity index (χ0n) is 4.98. The Bertz CT molecular complexity index is 149. The highest BCUT2D eigenvalue weighted by atomic mass is 14.1. The predicted octanol–water partition coefficient (Wildman–Crippen LogP) is 2.45. The van der Waals surface area contributed by atoms with Crippen molar-refractivity contribution >= 4 is 0 Å². The van der Waals surface area contributed by atoms with Gasteiger partial charge in [0, 0.05) is 0 Å². The van der Waals surface area contributed by atoms with Crippen molar-refractivity contribution in [3.63, 3.8) is 0 Å². The summed E-state index contributed by atoms with van der Waals surface area (Å²) in [5.74, 6) is 0. The fourth-order valence-electron chi connectivity index (χ4n) is 0.711. The van der Waals surface area contributed by atoms with Gasteiger partial charge in [0.2, 0.25) is 0 Å². The molecule has 8 heavy (non-hydrogen) atoms. The summed E-state index contributed by atoms with van der Waals surface area (Å²) in [5.41, 5.74) is 2.47. The van der Waals surface area contributed by atoms with Crippen molar-refractivity contribution in [2.45, 2.75) is 12.8 Å². The van der Waals surface area contributed by atoms with Gasteiger partial charge in [0.1, 0.15) is 0 Å². The normalized spacial score (nSPS) is 16.2. The zero-order valence-corrected chi connectivity index (χ0v) is 4.98. The van der Waals surface area contributed by atoms with Crippen LogP contribution in [0.4, 0.5) is 0 Å². The molecule has 0 atom stereocenters. The Balaban J connectivity index is 2.59. The molecule has 0 aliphatic heterocycles. The Morgan fingerprint density at radius 3 is 2.50 bits per heavy atom. The smallest absolute Gasteiger partial charge is 0.0241 e. The third kappa shape index (κ3) is 0.738. The Morgan fingerprint density at radius 1 is 1.75 bits per heavy atom. The van der Waals surface area contributed by atoms with Crippen molar-refractivity contribution < 1.29 is 0 Å². The van der Waals surface area contributed by atoms with Crippen LogP contribution < -0.4 is 0 Å². The first-order chi connectivity index (χ1) is 3.84. The monoisotopic (exact) mass is 106 g/mol. The zero-order chi connectivity index (χ0) is 5.98. The number of hydrogen-bond acceptors (Lipinski definition) is 0. The molecule has 0 aromatic rings. The fraction of sp³-hybridized carbons (Fsp3) is 0.250. The molecule has 0 heterocycles. The van der Waals surface area contributed by atoms with Gasteiger partial charge in [-0.1, -0.05) is 25.3 Å². The standard InChI is InChI=1S/C8H10/c1-3-7(2)8-5-4-6-8/h3,5H,1-2,4,6H2. The predicted molar refractivity (Wildman–Crippen MR) is 36.7 cm³/mol. The summed E-state index contributed by atoms with van der Waals surface area (Å²) in [6, 6.07) is 0. The molecule has 1 aliphatic rings. The first kappa shape index (κ1) is 5.36. The highest BCUT2D eigenvalue weighted by molar-refractivity contribution is 5.40. The van der Waals surface area contributed by atoms with Crippen LogP contribution in [-0.4, -0.2) is 0 Å². The van der Waals surface area contributed by atoms with E-state index in [1.54, 1.807) is 0 Å². The van der Waals surface area contributed by atoms with Crippen LogP contribution in [0.3, 0.4) is 0 Å². The molecule has 0 amide bonds. The molecular weight excluding hydrogens is 96.1 g/mol. The van der Waals surface area contributed by atoms with Gasteiger partial charge in [-0.3, -0.25) is 0 Å². The van der Waals surface area contributed by atoms with Crippen LogP contribution in [0.25, 0.3) is 0 Å². The van der Waals surface area contributed by atoms with Gasteiger partial charge in [0.25, 0.3) is 0 Å². The van der Waals surface area contributed by atoms with Gasteiger partial charge < -0.3 is 0 Å². The van der Waals surface area contributed by atoms with E-state index in [1.807, 2.05) is 6.08 Å². The van der Waals surface area contributed by atoms with E-state index in [2.05, 4.69) is 19.2 Å². The van der Waals surface area contributed by atoms with Gasteiger partial charge >= 0.3 is 0 Å². The van der Waals surface area contributed by atoms with E-state index in [-0.39, 0.29) is 0 Å². The average molecular weight is 106 g/mol. The summed E-state index contributed by atoms with van der Waals surface area (Å²) in [7, 11) is 0. The van der Waals surface area contributed by atoms with E-state index < -0.39 is 0 Å². The number of rotatable bonds is 2. The van der Waals surface area contributed by atoms with Gasteiger partial charge in [-0.05, 0) is 24.0 Å². The highest BCUT2D eigenvalue weighted by Crippen LogP contribution is 2.24. The van der Waals surface area contributed by atoms with Crippen LogP contribution >= 0.6 is 0 Å². The summed E-state index contributed by atoms with van der Waals surface area (Å²) in [4.78, 5) is 0. The van der Waals surface area contributed by atoms with Crippen molar-refractivity contribution in [1.29, 1.82) is 0 Å². The van der Waals surface area contributed by atoms with Crippen LogP contribution in [0.5, 0.6) is 0 Å². The molecule has 42 valence electrons. The van der Waals surface area contributed by atoms with Crippen molar-refractivity contribution in [2.24, 2.45) is 0 Å². The Kier molecular flexibility index (Phi) is 1.34. The number of hydrogen-bond donors (Lipinski definition) is 0. The molecule has 1 rings (SSSR count). The van der Waals surface area contributed by atoms with Crippen molar-refractivity contribution in [3.8, 4) is 0 Å². The maximum atomic E-state index is 3.81. The fourth-order valence-corrected chi connectivity index (χ4v) is 0.711. The van der Waals surface area contributed by atoms with E-state index in [0.717, 1.165) is 5.57 Å². The third-order valence-electron chi connectivity index (χ3n) is 1.46. The maximum Gasteiger partial charge on any atom is -0.0241 e. The first-order valence-electron chi connectivity index (χ1n) is 2.85. The molecule has 0 nitrogen and oxygen atoms in total. The highest BCUT2D eigenvalue weighted by Gasteiger charge is 2.04. The van der Waals surface area contributed by atoms with Crippen LogP contribution in [0.1, 0.15) is 12.8 Å². The molecule has 0 radical (unpaired) electrons. The summed E-state index contributed by atoms with van der Waals surface area (Å²) in [6.45, 7) is 7.43. The van der Waals surface area contributed by atoms with Gasteiger partial charge in [0.15, 0.2) is 0 Å². The Morgan fingerprint density at radius 2 is 2.38 bits per heavy atom. The molecule has 0 heteroatoms. The molecule has 0 bridgehead atoms. The summed E-state index contributed by atoms with van der Waals surface area (Å²) in [6.07, 6.45) is 6.43. The second-order valence-electron chi connectivity index (χ2n) is 2.00. The minimum atomic E-state index is 1.09. The van der Waals surface area contributed by atoms with E-state index in [1.165, 1.54) is 18.4 Å². The lowest BCUT2D eigenvalue weighted by atomic mass is 9.93. The molecule has 1 aliphatic carbocycles. The SMILES string of the molecule is C=CC(=C)C1=CCC1. The molecule has 0 aromatic carbocycles. The molecule has 0 saturated carbocycles. The van der Waals surface area contributed by atoms with Crippen LogP contribution in [0.2, 0.25) is 0 Å². The maximum absolute atomic E-state index is 3.81. The Hall–Kier alpha value is -0.780. The summed E-state index contributed by atoms with van der Waals surface area (Å²) < 4.78 is 0. The third-order valence-corrected chi connectivity index (χ3v) is 1.46. The van der Waals surface area contributed by atoms with Gasteiger partial charge in [-0.25, -0.2) is 0 Å². The topological polar surface area (TPSA) is 0 Å². The minimum absolute atomic E-state index is 1.09. The molecule has 0 saturated heterocycles. The van der Waals surface area contributed by atoms with Gasteiger partial charge in [0.05, 0.1) is 0 Å². The molecule has 0 N–H and O–H groups in total.